The minimum absolute atomic E-state index is 0. The molecule has 1 aliphatic rings. The summed E-state index contributed by atoms with van der Waals surface area (Å²) in [7, 11) is 0. The Balaban J connectivity index is 0.00000144. The third kappa shape index (κ3) is 3.32. The maximum absolute atomic E-state index is 2.39. The molecule has 0 N–H and O–H groups in total. The molecule has 0 heteroatoms. The van der Waals surface area contributed by atoms with E-state index in [1.165, 1.54) is 25.7 Å². The molecule has 0 spiro atoms. The molecule has 13 heavy (non-hydrogen) atoms. The summed E-state index contributed by atoms with van der Waals surface area (Å²) in [5.74, 6) is 3.83. The highest BCUT2D eigenvalue weighted by Crippen LogP contribution is 2.38. The Morgan fingerprint density at radius 3 is 1.31 bits per heavy atom. The lowest BCUT2D eigenvalue weighted by Gasteiger charge is -2.37. The van der Waals surface area contributed by atoms with Crippen LogP contribution in [0, 0.1) is 23.7 Å². The van der Waals surface area contributed by atoms with E-state index in [-0.39, 0.29) is 7.43 Å². The summed E-state index contributed by atoms with van der Waals surface area (Å²) in [6.07, 6.45) is 5.93. The minimum Gasteiger partial charge on any atom is -0.0776 e. The number of hydrogen-bond donors (Lipinski definition) is 0. The largest absolute Gasteiger partial charge is 0.0776 e. The van der Waals surface area contributed by atoms with Crippen molar-refractivity contribution < 1.29 is 0 Å². The van der Waals surface area contributed by atoms with Crippen LogP contribution >= 0.6 is 0 Å². The van der Waals surface area contributed by atoms with Crippen molar-refractivity contribution in [3.8, 4) is 0 Å². The predicted molar refractivity (Wildman–Crippen MR) is 61.9 cm³/mol. The van der Waals surface area contributed by atoms with Gasteiger partial charge >= 0.3 is 0 Å². The van der Waals surface area contributed by atoms with Crippen LogP contribution in [0.15, 0.2) is 0 Å². The van der Waals surface area contributed by atoms with Crippen LogP contribution in [0.5, 0.6) is 0 Å². The van der Waals surface area contributed by atoms with Crippen molar-refractivity contribution in [1.82, 2.24) is 0 Å². The standard InChI is InChI=1S/C12H24.CH4/c1-9(2)11-7-5-6-8-12(11)10(3)4;/h9-12H,5-8H2,1-4H3;1H4. The van der Waals surface area contributed by atoms with Gasteiger partial charge in [-0.2, -0.15) is 0 Å². The predicted octanol–water partition coefficient (Wildman–Crippen LogP) is 4.74. The van der Waals surface area contributed by atoms with Crippen LogP contribution < -0.4 is 0 Å². The smallest absolute Gasteiger partial charge is 0.0360 e. The van der Waals surface area contributed by atoms with Crippen LogP contribution in [0.2, 0.25) is 0 Å². The van der Waals surface area contributed by atoms with Crippen molar-refractivity contribution in [2.24, 2.45) is 23.7 Å². The Bertz CT molecular complexity index is 108. The topological polar surface area (TPSA) is 0 Å². The fourth-order valence-corrected chi connectivity index (χ4v) is 2.84. The first-order valence-corrected chi connectivity index (χ1v) is 5.63. The van der Waals surface area contributed by atoms with Gasteiger partial charge in [-0.1, -0.05) is 48.0 Å². The lowest BCUT2D eigenvalue weighted by molar-refractivity contribution is 0.136. The summed E-state index contributed by atoms with van der Waals surface area (Å²) >= 11 is 0. The molecule has 0 aromatic carbocycles. The van der Waals surface area contributed by atoms with Gasteiger partial charge in [0.2, 0.25) is 0 Å². The summed E-state index contributed by atoms with van der Waals surface area (Å²) < 4.78 is 0. The Morgan fingerprint density at radius 2 is 1.08 bits per heavy atom. The molecule has 0 radical (unpaired) electrons. The third-order valence-electron chi connectivity index (χ3n) is 3.59. The monoisotopic (exact) mass is 184 g/mol. The first-order chi connectivity index (χ1) is 5.63. The van der Waals surface area contributed by atoms with E-state index in [1.807, 2.05) is 0 Å². The second-order valence-corrected chi connectivity index (χ2v) is 5.10. The van der Waals surface area contributed by atoms with Gasteiger partial charge in [0.1, 0.15) is 0 Å². The molecule has 0 nitrogen and oxygen atoms in total. The average Bonchev–Trinajstić information content (AvgIpc) is 2.04. The molecule has 80 valence electrons. The van der Waals surface area contributed by atoms with E-state index < -0.39 is 0 Å². The Morgan fingerprint density at radius 1 is 0.769 bits per heavy atom. The maximum atomic E-state index is 2.39. The van der Waals surface area contributed by atoms with Crippen LogP contribution in [0.1, 0.15) is 60.8 Å². The molecule has 1 rings (SSSR count). The van der Waals surface area contributed by atoms with E-state index in [2.05, 4.69) is 27.7 Å². The Kier molecular flexibility index (Phi) is 5.67. The lowest BCUT2D eigenvalue weighted by Crippen LogP contribution is -2.27. The fourth-order valence-electron chi connectivity index (χ4n) is 2.84. The molecule has 0 aromatic heterocycles. The minimum atomic E-state index is 0. The molecular weight excluding hydrogens is 156 g/mol. The van der Waals surface area contributed by atoms with Gasteiger partial charge in [0.25, 0.3) is 0 Å². The van der Waals surface area contributed by atoms with Crippen molar-refractivity contribution in [3.63, 3.8) is 0 Å². The van der Waals surface area contributed by atoms with Gasteiger partial charge in [0.15, 0.2) is 0 Å². The van der Waals surface area contributed by atoms with Crippen LogP contribution in [0.4, 0.5) is 0 Å². The Labute approximate surface area is 85.1 Å². The second kappa shape index (κ2) is 5.67. The molecule has 2 atom stereocenters. The zero-order valence-corrected chi connectivity index (χ0v) is 9.14. The highest BCUT2D eigenvalue weighted by molar-refractivity contribution is 4.79. The summed E-state index contributed by atoms with van der Waals surface area (Å²) in [5, 5.41) is 0. The van der Waals surface area contributed by atoms with Gasteiger partial charge in [-0.3, -0.25) is 0 Å². The molecule has 1 saturated carbocycles. The number of rotatable bonds is 2. The molecule has 0 saturated heterocycles. The molecule has 0 heterocycles. The second-order valence-electron chi connectivity index (χ2n) is 5.10. The molecule has 0 aromatic rings. The van der Waals surface area contributed by atoms with Gasteiger partial charge in [0, 0.05) is 0 Å². The van der Waals surface area contributed by atoms with E-state index in [0.29, 0.717) is 0 Å². The van der Waals surface area contributed by atoms with Gasteiger partial charge < -0.3 is 0 Å². The first-order valence-electron chi connectivity index (χ1n) is 5.63. The molecule has 1 fully saturated rings. The van der Waals surface area contributed by atoms with E-state index >= 15 is 0 Å². The van der Waals surface area contributed by atoms with E-state index in [9.17, 15) is 0 Å². The Hall–Kier alpha value is 0. The van der Waals surface area contributed by atoms with Crippen molar-refractivity contribution in [2.75, 3.05) is 0 Å². The van der Waals surface area contributed by atoms with E-state index in [1.54, 1.807) is 0 Å². The quantitative estimate of drug-likeness (QED) is 0.581. The number of hydrogen-bond acceptors (Lipinski definition) is 0. The third-order valence-corrected chi connectivity index (χ3v) is 3.59. The van der Waals surface area contributed by atoms with Crippen molar-refractivity contribution in [3.05, 3.63) is 0 Å². The van der Waals surface area contributed by atoms with E-state index in [4.69, 9.17) is 0 Å². The molecule has 1 aliphatic carbocycles. The zero-order valence-electron chi connectivity index (χ0n) is 9.14. The lowest BCUT2D eigenvalue weighted by atomic mass is 9.69. The molecule has 0 bridgehead atoms. The molecule has 0 aliphatic heterocycles. The highest BCUT2D eigenvalue weighted by Gasteiger charge is 2.29. The maximum Gasteiger partial charge on any atom is -0.0360 e. The summed E-state index contributed by atoms with van der Waals surface area (Å²) in [6.45, 7) is 9.58. The van der Waals surface area contributed by atoms with Crippen LogP contribution in [-0.4, -0.2) is 0 Å². The SMILES string of the molecule is C.CC(C)C1CCCCC1C(C)C. The average molecular weight is 184 g/mol. The van der Waals surface area contributed by atoms with Gasteiger partial charge in [0.05, 0.1) is 0 Å². The van der Waals surface area contributed by atoms with Crippen LogP contribution in [0.25, 0.3) is 0 Å². The molecule has 0 amide bonds. The normalized spacial score (nSPS) is 29.1. The molecule has 2 unspecified atom stereocenters. The van der Waals surface area contributed by atoms with Crippen molar-refractivity contribution >= 4 is 0 Å². The van der Waals surface area contributed by atoms with Crippen LogP contribution in [-0.2, 0) is 0 Å². The summed E-state index contributed by atoms with van der Waals surface area (Å²) in [4.78, 5) is 0. The summed E-state index contributed by atoms with van der Waals surface area (Å²) in [6, 6.07) is 0. The van der Waals surface area contributed by atoms with Crippen molar-refractivity contribution in [2.45, 2.75) is 60.8 Å². The van der Waals surface area contributed by atoms with Crippen molar-refractivity contribution in [1.29, 1.82) is 0 Å². The molecular formula is C13H28. The van der Waals surface area contributed by atoms with Crippen LogP contribution in [0.3, 0.4) is 0 Å². The summed E-state index contributed by atoms with van der Waals surface area (Å²) in [5.41, 5.74) is 0. The van der Waals surface area contributed by atoms with Gasteiger partial charge in [-0.25, -0.2) is 0 Å². The highest BCUT2D eigenvalue weighted by atomic mass is 14.3. The fraction of sp³-hybridized carbons (Fsp3) is 1.00. The van der Waals surface area contributed by atoms with Gasteiger partial charge in [-0.05, 0) is 36.5 Å². The van der Waals surface area contributed by atoms with E-state index in [0.717, 1.165) is 23.7 Å². The van der Waals surface area contributed by atoms with Gasteiger partial charge in [-0.15, -0.1) is 0 Å². The zero-order chi connectivity index (χ0) is 9.14. The first kappa shape index (κ1) is 13.0.